The molecule has 1 aromatic heterocycles. The van der Waals surface area contributed by atoms with Gasteiger partial charge in [-0.25, -0.2) is 4.98 Å². The van der Waals surface area contributed by atoms with Crippen molar-refractivity contribution in [1.82, 2.24) is 9.97 Å². The van der Waals surface area contributed by atoms with Gasteiger partial charge in [-0.2, -0.15) is 0 Å². The monoisotopic (exact) mass is 400 g/mol. The zero-order valence-electron chi connectivity index (χ0n) is 11.7. The summed E-state index contributed by atoms with van der Waals surface area (Å²) in [6, 6.07) is 7.21. The Hall–Kier alpha value is -1.43. The van der Waals surface area contributed by atoms with Crippen LogP contribution in [-0.2, 0) is 0 Å². The molecule has 2 aromatic carbocycles. The van der Waals surface area contributed by atoms with Crippen LogP contribution in [0, 0.1) is 0 Å². The molecule has 1 N–H and O–H groups in total. The molecule has 3 rings (SSSR count). The summed E-state index contributed by atoms with van der Waals surface area (Å²) in [5.41, 5.74) is 2.30. The second-order valence-corrected chi connectivity index (χ2v) is 6.29. The molecule has 114 valence electrons. The second kappa shape index (κ2) is 5.99. The number of nitrogens with zero attached hydrogens (tertiary/aromatic N) is 1. The highest BCUT2D eigenvalue weighted by molar-refractivity contribution is 9.10. The maximum Gasteiger partial charge on any atom is 0.171 e. The van der Waals surface area contributed by atoms with Crippen molar-refractivity contribution in [2.24, 2.45) is 0 Å². The average Bonchev–Trinajstić information content (AvgIpc) is 2.89. The molecular formula is C15H11BrCl2N2O2. The molecule has 0 amide bonds. The maximum atomic E-state index is 6.04. The number of aromatic amines is 1. The molecule has 0 aliphatic rings. The number of hydrogen-bond acceptors (Lipinski definition) is 3. The quantitative estimate of drug-likeness (QED) is 0.646. The zero-order chi connectivity index (χ0) is 15.9. The SMILES string of the molecule is COc1cc(Br)cc(-c2nc3cc(Cl)c(Cl)cc3[nH]2)c1OC. The third-order valence-corrected chi connectivity index (χ3v) is 4.40. The Morgan fingerprint density at radius 2 is 1.77 bits per heavy atom. The van der Waals surface area contributed by atoms with Gasteiger partial charge in [-0.3, -0.25) is 0 Å². The summed E-state index contributed by atoms with van der Waals surface area (Å²) in [6.45, 7) is 0. The summed E-state index contributed by atoms with van der Waals surface area (Å²) >= 11 is 15.5. The number of aromatic nitrogens is 2. The van der Waals surface area contributed by atoms with Crippen molar-refractivity contribution in [2.45, 2.75) is 0 Å². The first kappa shape index (κ1) is 15.5. The molecule has 0 saturated carbocycles. The highest BCUT2D eigenvalue weighted by Crippen LogP contribution is 2.40. The van der Waals surface area contributed by atoms with E-state index in [9.17, 15) is 0 Å². The Morgan fingerprint density at radius 3 is 2.45 bits per heavy atom. The predicted molar refractivity (Wildman–Crippen MR) is 92.4 cm³/mol. The van der Waals surface area contributed by atoms with E-state index in [1.807, 2.05) is 12.1 Å². The van der Waals surface area contributed by atoms with Crippen molar-refractivity contribution in [3.8, 4) is 22.9 Å². The number of H-pyrrole nitrogens is 1. The molecule has 4 nitrogen and oxygen atoms in total. The highest BCUT2D eigenvalue weighted by Gasteiger charge is 2.17. The Bertz CT molecular complexity index is 825. The lowest BCUT2D eigenvalue weighted by Crippen LogP contribution is -1.94. The van der Waals surface area contributed by atoms with Gasteiger partial charge in [0.25, 0.3) is 0 Å². The minimum atomic E-state index is 0.464. The Balaban J connectivity index is 2.24. The van der Waals surface area contributed by atoms with Crippen molar-refractivity contribution >= 4 is 50.2 Å². The van der Waals surface area contributed by atoms with E-state index in [0.29, 0.717) is 27.4 Å². The van der Waals surface area contributed by atoms with E-state index in [1.165, 1.54) is 0 Å². The summed E-state index contributed by atoms with van der Waals surface area (Å²) in [7, 11) is 3.18. The van der Waals surface area contributed by atoms with Gasteiger partial charge in [0, 0.05) is 4.47 Å². The van der Waals surface area contributed by atoms with Crippen LogP contribution in [0.1, 0.15) is 0 Å². The number of benzene rings is 2. The van der Waals surface area contributed by atoms with Crippen LogP contribution in [0.15, 0.2) is 28.7 Å². The van der Waals surface area contributed by atoms with Crippen LogP contribution in [-0.4, -0.2) is 24.2 Å². The van der Waals surface area contributed by atoms with Crippen LogP contribution < -0.4 is 9.47 Å². The van der Waals surface area contributed by atoms with Crippen LogP contribution in [0.25, 0.3) is 22.4 Å². The van der Waals surface area contributed by atoms with Gasteiger partial charge < -0.3 is 14.5 Å². The van der Waals surface area contributed by atoms with Gasteiger partial charge in [-0.1, -0.05) is 39.1 Å². The Morgan fingerprint density at radius 1 is 1.05 bits per heavy atom. The number of hydrogen-bond donors (Lipinski definition) is 1. The molecule has 0 atom stereocenters. The van der Waals surface area contributed by atoms with Crippen molar-refractivity contribution in [2.75, 3.05) is 14.2 Å². The van der Waals surface area contributed by atoms with Crippen LogP contribution >= 0.6 is 39.1 Å². The molecule has 22 heavy (non-hydrogen) atoms. The number of imidazole rings is 1. The van der Waals surface area contributed by atoms with Crippen LogP contribution in [0.2, 0.25) is 10.0 Å². The van der Waals surface area contributed by atoms with Gasteiger partial charge in [0.15, 0.2) is 11.5 Å². The smallest absolute Gasteiger partial charge is 0.171 e. The fraction of sp³-hybridized carbons (Fsp3) is 0.133. The minimum Gasteiger partial charge on any atom is -0.493 e. The van der Waals surface area contributed by atoms with E-state index < -0.39 is 0 Å². The van der Waals surface area contributed by atoms with Crippen molar-refractivity contribution in [3.63, 3.8) is 0 Å². The molecule has 1 heterocycles. The lowest BCUT2D eigenvalue weighted by atomic mass is 10.1. The number of halogens is 3. The Kier molecular flexibility index (Phi) is 4.21. The van der Waals surface area contributed by atoms with Crippen LogP contribution in [0.5, 0.6) is 11.5 Å². The first-order valence-corrected chi connectivity index (χ1v) is 7.85. The number of fused-ring (bicyclic) bond motifs is 1. The topological polar surface area (TPSA) is 47.1 Å². The minimum absolute atomic E-state index is 0.464. The molecule has 3 aromatic rings. The van der Waals surface area contributed by atoms with E-state index in [-0.39, 0.29) is 0 Å². The summed E-state index contributed by atoms with van der Waals surface area (Å²) < 4.78 is 11.7. The number of methoxy groups -OCH3 is 2. The van der Waals surface area contributed by atoms with Crippen LogP contribution in [0.3, 0.4) is 0 Å². The number of rotatable bonds is 3. The summed E-state index contributed by atoms with van der Waals surface area (Å²) in [6.07, 6.45) is 0. The van der Waals surface area contributed by atoms with Gasteiger partial charge in [0.2, 0.25) is 0 Å². The van der Waals surface area contributed by atoms with Crippen molar-refractivity contribution in [3.05, 3.63) is 38.8 Å². The average molecular weight is 402 g/mol. The second-order valence-electron chi connectivity index (χ2n) is 4.56. The third kappa shape index (κ3) is 2.64. The molecular weight excluding hydrogens is 391 g/mol. The van der Waals surface area contributed by atoms with E-state index in [4.69, 9.17) is 32.7 Å². The lowest BCUT2D eigenvalue weighted by molar-refractivity contribution is 0.356. The van der Waals surface area contributed by atoms with E-state index in [0.717, 1.165) is 21.1 Å². The molecule has 0 radical (unpaired) electrons. The van der Waals surface area contributed by atoms with Gasteiger partial charge in [-0.15, -0.1) is 0 Å². The molecule has 7 heteroatoms. The first-order chi connectivity index (χ1) is 10.5. The molecule has 0 spiro atoms. The summed E-state index contributed by atoms with van der Waals surface area (Å²) in [5, 5.41) is 0.939. The summed E-state index contributed by atoms with van der Waals surface area (Å²) in [4.78, 5) is 7.78. The van der Waals surface area contributed by atoms with Gasteiger partial charge >= 0.3 is 0 Å². The lowest BCUT2D eigenvalue weighted by Gasteiger charge is -2.11. The van der Waals surface area contributed by atoms with E-state index in [2.05, 4.69) is 25.9 Å². The molecule has 0 fully saturated rings. The predicted octanol–water partition coefficient (Wildman–Crippen LogP) is 5.32. The number of ether oxygens (including phenoxy) is 2. The molecule has 0 unspecified atom stereocenters. The number of nitrogens with one attached hydrogen (secondary N) is 1. The Labute approximate surface area is 145 Å². The van der Waals surface area contributed by atoms with E-state index >= 15 is 0 Å². The van der Waals surface area contributed by atoms with E-state index in [1.54, 1.807) is 26.4 Å². The highest BCUT2D eigenvalue weighted by atomic mass is 79.9. The van der Waals surface area contributed by atoms with Crippen LogP contribution in [0.4, 0.5) is 0 Å². The standard InChI is InChI=1S/C15H11BrCl2N2O2/c1-21-13-4-7(16)3-8(14(13)22-2)15-19-11-5-9(17)10(18)6-12(11)20-15/h3-6H,1-2H3,(H,19,20). The fourth-order valence-corrected chi connectivity index (χ4v) is 3.00. The van der Waals surface area contributed by atoms with Crippen molar-refractivity contribution < 1.29 is 9.47 Å². The maximum absolute atomic E-state index is 6.04. The fourth-order valence-electron chi connectivity index (χ4n) is 2.24. The largest absolute Gasteiger partial charge is 0.493 e. The summed E-state index contributed by atoms with van der Waals surface area (Å²) in [5.74, 6) is 1.86. The molecule has 0 bridgehead atoms. The first-order valence-electron chi connectivity index (χ1n) is 6.30. The molecule has 0 aliphatic heterocycles. The zero-order valence-corrected chi connectivity index (χ0v) is 14.8. The van der Waals surface area contributed by atoms with Gasteiger partial charge in [-0.05, 0) is 24.3 Å². The van der Waals surface area contributed by atoms with Gasteiger partial charge in [0.1, 0.15) is 5.82 Å². The van der Waals surface area contributed by atoms with Crippen molar-refractivity contribution in [1.29, 1.82) is 0 Å². The third-order valence-electron chi connectivity index (χ3n) is 3.22. The molecule has 0 saturated heterocycles. The van der Waals surface area contributed by atoms with Gasteiger partial charge in [0.05, 0.1) is 40.9 Å². The normalized spacial score (nSPS) is 11.0. The molecule has 0 aliphatic carbocycles.